The van der Waals surface area contributed by atoms with Crippen molar-refractivity contribution in [2.24, 2.45) is 11.3 Å². The molecule has 2 atom stereocenters. The van der Waals surface area contributed by atoms with Gasteiger partial charge in [0.15, 0.2) is 0 Å². The first-order valence-electron chi connectivity index (χ1n) is 5.13. The second-order valence-corrected chi connectivity index (χ2v) is 3.85. The van der Waals surface area contributed by atoms with Crippen LogP contribution in [0.25, 0.3) is 0 Å². The lowest BCUT2D eigenvalue weighted by molar-refractivity contribution is 0.117. The minimum atomic E-state index is -0.195. The fourth-order valence-corrected chi connectivity index (χ4v) is 2.11. The molecule has 0 bridgehead atoms. The Balaban J connectivity index is 2.85. The van der Waals surface area contributed by atoms with Crippen molar-refractivity contribution in [1.29, 1.82) is 5.26 Å². The standard InChI is InChI=1S/C12H17NO/c1-2-7-12(10-14)8-4-3-5-11(12)6-9-13/h3-5,8,11,14H,2,6-7,10H2,1H3. The van der Waals surface area contributed by atoms with Crippen molar-refractivity contribution < 1.29 is 5.11 Å². The Labute approximate surface area is 85.6 Å². The van der Waals surface area contributed by atoms with E-state index in [9.17, 15) is 5.11 Å². The molecule has 1 rings (SSSR count). The van der Waals surface area contributed by atoms with E-state index in [1.54, 1.807) is 0 Å². The number of aliphatic hydroxyl groups excluding tert-OH is 1. The highest BCUT2D eigenvalue weighted by molar-refractivity contribution is 5.21. The van der Waals surface area contributed by atoms with Crippen LogP contribution in [-0.2, 0) is 0 Å². The van der Waals surface area contributed by atoms with Crippen LogP contribution in [0.1, 0.15) is 26.2 Å². The Kier molecular flexibility index (Phi) is 3.91. The van der Waals surface area contributed by atoms with Gasteiger partial charge in [-0.05, 0) is 6.42 Å². The number of nitriles is 1. The number of hydrogen-bond acceptors (Lipinski definition) is 2. The summed E-state index contributed by atoms with van der Waals surface area (Å²) in [7, 11) is 0. The second-order valence-electron chi connectivity index (χ2n) is 3.85. The molecule has 0 aromatic heterocycles. The van der Waals surface area contributed by atoms with Crippen LogP contribution in [0.2, 0.25) is 0 Å². The van der Waals surface area contributed by atoms with Crippen LogP contribution in [0.4, 0.5) is 0 Å². The van der Waals surface area contributed by atoms with Gasteiger partial charge >= 0.3 is 0 Å². The quantitative estimate of drug-likeness (QED) is 0.741. The summed E-state index contributed by atoms with van der Waals surface area (Å²) in [6, 6.07) is 2.19. The summed E-state index contributed by atoms with van der Waals surface area (Å²) in [5, 5.41) is 18.2. The van der Waals surface area contributed by atoms with Crippen LogP contribution in [0.15, 0.2) is 24.3 Å². The molecule has 0 saturated heterocycles. The summed E-state index contributed by atoms with van der Waals surface area (Å²) in [5.41, 5.74) is -0.195. The molecule has 0 aliphatic heterocycles. The predicted octanol–water partition coefficient (Wildman–Crippen LogP) is 2.42. The Morgan fingerprint density at radius 1 is 1.50 bits per heavy atom. The Hall–Kier alpha value is -1.07. The first-order chi connectivity index (χ1) is 6.79. The molecule has 14 heavy (non-hydrogen) atoms. The van der Waals surface area contributed by atoms with Crippen LogP contribution in [0.5, 0.6) is 0 Å². The number of aliphatic hydroxyl groups is 1. The molecule has 1 aliphatic rings. The molecule has 2 heteroatoms. The highest BCUT2D eigenvalue weighted by atomic mass is 16.3. The van der Waals surface area contributed by atoms with Crippen molar-refractivity contribution in [2.75, 3.05) is 6.61 Å². The van der Waals surface area contributed by atoms with Crippen molar-refractivity contribution in [2.45, 2.75) is 26.2 Å². The molecule has 0 spiro atoms. The summed E-state index contributed by atoms with van der Waals surface area (Å²) in [6.07, 6.45) is 10.5. The van der Waals surface area contributed by atoms with Crippen LogP contribution in [0, 0.1) is 22.7 Å². The minimum absolute atomic E-state index is 0.133. The van der Waals surface area contributed by atoms with E-state index in [1.807, 2.05) is 18.2 Å². The van der Waals surface area contributed by atoms with Crippen LogP contribution < -0.4 is 0 Å². The average Bonchev–Trinajstić information content (AvgIpc) is 2.22. The van der Waals surface area contributed by atoms with E-state index in [4.69, 9.17) is 5.26 Å². The lowest BCUT2D eigenvalue weighted by Gasteiger charge is -2.35. The second kappa shape index (κ2) is 4.97. The number of hydrogen-bond donors (Lipinski definition) is 1. The predicted molar refractivity (Wildman–Crippen MR) is 56.4 cm³/mol. The fourth-order valence-electron chi connectivity index (χ4n) is 2.11. The highest BCUT2D eigenvalue weighted by Crippen LogP contribution is 2.39. The molecule has 0 fully saturated rings. The molecule has 0 radical (unpaired) electrons. The summed E-state index contributed by atoms with van der Waals surface area (Å²) >= 11 is 0. The van der Waals surface area contributed by atoms with E-state index in [-0.39, 0.29) is 17.9 Å². The topological polar surface area (TPSA) is 44.0 Å². The van der Waals surface area contributed by atoms with Crippen LogP contribution in [-0.4, -0.2) is 11.7 Å². The number of rotatable bonds is 4. The van der Waals surface area contributed by atoms with Crippen molar-refractivity contribution in [3.8, 4) is 6.07 Å². The smallest absolute Gasteiger partial charge is 0.0628 e. The molecule has 2 nitrogen and oxygen atoms in total. The van der Waals surface area contributed by atoms with Gasteiger partial charge in [-0.25, -0.2) is 0 Å². The molecule has 0 aromatic carbocycles. The van der Waals surface area contributed by atoms with Crippen molar-refractivity contribution in [3.63, 3.8) is 0 Å². The largest absolute Gasteiger partial charge is 0.395 e. The highest BCUT2D eigenvalue weighted by Gasteiger charge is 2.34. The molecule has 1 N–H and O–H groups in total. The van der Waals surface area contributed by atoms with Gasteiger partial charge in [0.25, 0.3) is 0 Å². The summed E-state index contributed by atoms with van der Waals surface area (Å²) in [5.74, 6) is 0.169. The van der Waals surface area contributed by atoms with E-state index in [0.29, 0.717) is 6.42 Å². The van der Waals surface area contributed by atoms with Crippen molar-refractivity contribution >= 4 is 0 Å². The molecule has 0 aromatic rings. The van der Waals surface area contributed by atoms with E-state index in [1.165, 1.54) is 0 Å². The third-order valence-electron chi connectivity index (χ3n) is 2.94. The van der Waals surface area contributed by atoms with Crippen LogP contribution >= 0.6 is 0 Å². The zero-order valence-corrected chi connectivity index (χ0v) is 8.61. The Morgan fingerprint density at radius 2 is 2.29 bits per heavy atom. The molecular weight excluding hydrogens is 174 g/mol. The maximum atomic E-state index is 9.48. The number of allylic oxidation sites excluding steroid dienone is 3. The van der Waals surface area contributed by atoms with Crippen LogP contribution in [0.3, 0.4) is 0 Å². The first kappa shape index (κ1) is 11.0. The third kappa shape index (κ3) is 2.05. The SMILES string of the molecule is CCCC1(CO)C=CC=CC1CC#N. The van der Waals surface area contributed by atoms with Crippen molar-refractivity contribution in [3.05, 3.63) is 24.3 Å². The Bertz CT molecular complexity index is 275. The van der Waals surface area contributed by atoms with Gasteiger partial charge in [-0.1, -0.05) is 37.6 Å². The molecular formula is C12H17NO. The van der Waals surface area contributed by atoms with E-state index in [0.717, 1.165) is 12.8 Å². The van der Waals surface area contributed by atoms with E-state index in [2.05, 4.69) is 19.1 Å². The van der Waals surface area contributed by atoms with Gasteiger partial charge in [-0.15, -0.1) is 0 Å². The molecule has 76 valence electrons. The first-order valence-corrected chi connectivity index (χ1v) is 5.13. The minimum Gasteiger partial charge on any atom is -0.395 e. The summed E-state index contributed by atoms with van der Waals surface area (Å²) in [6.45, 7) is 2.24. The normalized spacial score (nSPS) is 30.2. The van der Waals surface area contributed by atoms with Gasteiger partial charge in [0, 0.05) is 17.8 Å². The maximum Gasteiger partial charge on any atom is 0.0628 e. The van der Waals surface area contributed by atoms with Gasteiger partial charge in [0.05, 0.1) is 12.7 Å². The van der Waals surface area contributed by atoms with E-state index >= 15 is 0 Å². The van der Waals surface area contributed by atoms with Gasteiger partial charge in [0.2, 0.25) is 0 Å². The fraction of sp³-hybridized carbons (Fsp3) is 0.583. The molecule has 1 aliphatic carbocycles. The molecule has 0 heterocycles. The zero-order valence-electron chi connectivity index (χ0n) is 8.61. The summed E-state index contributed by atoms with van der Waals surface area (Å²) in [4.78, 5) is 0. The molecule has 2 unspecified atom stereocenters. The Morgan fingerprint density at radius 3 is 2.86 bits per heavy atom. The third-order valence-corrected chi connectivity index (χ3v) is 2.94. The number of nitrogens with zero attached hydrogens (tertiary/aromatic N) is 1. The molecule has 0 saturated carbocycles. The average molecular weight is 191 g/mol. The van der Waals surface area contributed by atoms with Gasteiger partial charge in [-0.3, -0.25) is 0 Å². The van der Waals surface area contributed by atoms with Crippen molar-refractivity contribution in [1.82, 2.24) is 0 Å². The van der Waals surface area contributed by atoms with Gasteiger partial charge in [-0.2, -0.15) is 5.26 Å². The van der Waals surface area contributed by atoms with Gasteiger partial charge < -0.3 is 5.11 Å². The monoisotopic (exact) mass is 191 g/mol. The lowest BCUT2D eigenvalue weighted by atomic mass is 9.69. The summed E-state index contributed by atoms with van der Waals surface area (Å²) < 4.78 is 0. The molecule has 0 amide bonds. The van der Waals surface area contributed by atoms with Gasteiger partial charge in [0.1, 0.15) is 0 Å². The zero-order chi connectivity index (χ0) is 10.4. The van der Waals surface area contributed by atoms with E-state index < -0.39 is 0 Å². The lowest BCUT2D eigenvalue weighted by Crippen LogP contribution is -2.32. The maximum absolute atomic E-state index is 9.48.